The Morgan fingerprint density at radius 2 is 1.95 bits per heavy atom. The van der Waals surface area contributed by atoms with Crippen LogP contribution in [0.25, 0.3) is 0 Å². The van der Waals surface area contributed by atoms with E-state index in [9.17, 15) is 18.0 Å². The van der Waals surface area contributed by atoms with E-state index in [2.05, 4.69) is 9.97 Å². The van der Waals surface area contributed by atoms with Crippen molar-refractivity contribution in [3.63, 3.8) is 0 Å². The predicted molar refractivity (Wildman–Crippen MR) is 75.4 cm³/mol. The van der Waals surface area contributed by atoms with Crippen LogP contribution < -0.4 is 15.6 Å². The number of aromatic amines is 1. The van der Waals surface area contributed by atoms with Gasteiger partial charge in [0.05, 0.1) is 5.69 Å². The number of carbonyl (C=O) groups is 1. The second kappa shape index (κ2) is 4.92. The first-order chi connectivity index (χ1) is 9.86. The number of rotatable bonds is 2. The molecule has 1 fully saturated rings. The highest BCUT2D eigenvalue weighted by atomic mass is 32.2. The Morgan fingerprint density at radius 1 is 1.24 bits per heavy atom. The Balaban J connectivity index is 1.96. The van der Waals surface area contributed by atoms with Crippen molar-refractivity contribution < 1.29 is 13.2 Å². The van der Waals surface area contributed by atoms with Gasteiger partial charge in [0.25, 0.3) is 5.56 Å². The number of carbonyl (C=O) groups excluding carboxylic acids is 1. The zero-order valence-corrected chi connectivity index (χ0v) is 12.1. The van der Waals surface area contributed by atoms with E-state index in [-0.39, 0.29) is 24.5 Å². The quantitative estimate of drug-likeness (QED) is 0.727. The molecule has 1 amide bonds. The molecule has 21 heavy (non-hydrogen) atoms. The third-order valence-corrected chi connectivity index (χ3v) is 5.23. The predicted octanol–water partition coefficient (Wildman–Crippen LogP) is -0.957. The normalized spacial score (nSPS) is 22.4. The molecule has 3 rings (SSSR count). The number of nitrogens with zero attached hydrogens (tertiary/aromatic N) is 2. The van der Waals surface area contributed by atoms with Gasteiger partial charge in [0.2, 0.25) is 21.9 Å². The number of anilines is 1. The first kappa shape index (κ1) is 14.2. The Bertz CT molecular complexity index is 755. The van der Waals surface area contributed by atoms with Gasteiger partial charge in [-0.15, -0.1) is 0 Å². The molecule has 1 aliphatic heterocycles. The number of amides is 1. The first-order valence-electron chi connectivity index (χ1n) is 6.80. The summed E-state index contributed by atoms with van der Waals surface area (Å²) in [5.41, 5.74) is 1.12. The lowest BCUT2D eigenvalue weighted by atomic mass is 9.97. The molecule has 0 bridgehead atoms. The number of sulfonamides is 1. The van der Waals surface area contributed by atoms with Gasteiger partial charge >= 0.3 is 0 Å². The van der Waals surface area contributed by atoms with Gasteiger partial charge in [0, 0.05) is 18.5 Å². The van der Waals surface area contributed by atoms with Gasteiger partial charge in [-0.3, -0.25) is 19.5 Å². The molecule has 9 heteroatoms. The van der Waals surface area contributed by atoms with Crippen molar-refractivity contribution >= 4 is 21.9 Å². The summed E-state index contributed by atoms with van der Waals surface area (Å²) in [6.45, 7) is -0.0700. The summed E-state index contributed by atoms with van der Waals surface area (Å²) in [5.74, 6) is -0.273. The number of H-pyrrole nitrogens is 1. The third-order valence-electron chi connectivity index (χ3n) is 3.99. The molecule has 2 aliphatic rings. The zero-order chi connectivity index (χ0) is 15.2. The molecule has 114 valence electrons. The van der Waals surface area contributed by atoms with Crippen LogP contribution >= 0.6 is 0 Å². The number of aromatic nitrogens is 2. The van der Waals surface area contributed by atoms with Crippen LogP contribution in [0.1, 0.15) is 30.5 Å². The molecule has 0 radical (unpaired) electrons. The minimum atomic E-state index is -3.79. The highest BCUT2D eigenvalue weighted by molar-refractivity contribution is 7.89. The SMILES string of the molecule is NS(=O)(=O)C1CC(=O)N(c2nc3c(c(=O)[nH]2)CCCC3)C1. The highest BCUT2D eigenvalue weighted by Crippen LogP contribution is 2.23. The van der Waals surface area contributed by atoms with Crippen LogP contribution in [0.2, 0.25) is 0 Å². The number of aryl methyl sites for hydroxylation is 1. The molecule has 3 N–H and O–H groups in total. The molecule has 2 heterocycles. The van der Waals surface area contributed by atoms with Gasteiger partial charge in [-0.05, 0) is 25.7 Å². The summed E-state index contributed by atoms with van der Waals surface area (Å²) in [7, 11) is -3.79. The van der Waals surface area contributed by atoms with Crippen molar-refractivity contribution in [1.29, 1.82) is 0 Å². The fourth-order valence-corrected chi connectivity index (χ4v) is 3.55. The van der Waals surface area contributed by atoms with Gasteiger partial charge in [0.15, 0.2) is 0 Å². The summed E-state index contributed by atoms with van der Waals surface area (Å²) >= 11 is 0. The summed E-state index contributed by atoms with van der Waals surface area (Å²) in [5, 5.41) is 4.13. The molecule has 1 aromatic heterocycles. The van der Waals surface area contributed by atoms with Crippen LogP contribution in [0.4, 0.5) is 5.95 Å². The average Bonchev–Trinajstić information content (AvgIpc) is 2.81. The van der Waals surface area contributed by atoms with Gasteiger partial charge in [-0.1, -0.05) is 0 Å². The number of fused-ring (bicyclic) bond motifs is 1. The van der Waals surface area contributed by atoms with Crippen molar-refractivity contribution in [3.8, 4) is 0 Å². The molecule has 1 aromatic rings. The van der Waals surface area contributed by atoms with Crippen LogP contribution in [-0.4, -0.2) is 36.1 Å². The van der Waals surface area contributed by atoms with E-state index < -0.39 is 21.2 Å². The van der Waals surface area contributed by atoms with Gasteiger partial charge in [0.1, 0.15) is 5.25 Å². The topological polar surface area (TPSA) is 126 Å². The molecule has 1 aliphatic carbocycles. The zero-order valence-electron chi connectivity index (χ0n) is 11.3. The van der Waals surface area contributed by atoms with E-state index in [1.165, 1.54) is 4.90 Å². The van der Waals surface area contributed by atoms with Crippen LogP contribution in [0.5, 0.6) is 0 Å². The minimum absolute atomic E-state index is 0.0700. The van der Waals surface area contributed by atoms with Gasteiger partial charge < -0.3 is 0 Å². The van der Waals surface area contributed by atoms with Crippen LogP contribution in [0, 0.1) is 0 Å². The van der Waals surface area contributed by atoms with E-state index in [0.717, 1.165) is 12.8 Å². The molecular weight excluding hydrogens is 296 g/mol. The lowest BCUT2D eigenvalue weighted by molar-refractivity contribution is -0.117. The molecular formula is C12H16N4O4S. The van der Waals surface area contributed by atoms with Crippen LogP contribution in [-0.2, 0) is 27.7 Å². The largest absolute Gasteiger partial charge is 0.292 e. The van der Waals surface area contributed by atoms with Crippen molar-refractivity contribution in [3.05, 3.63) is 21.6 Å². The van der Waals surface area contributed by atoms with Crippen molar-refractivity contribution in [2.24, 2.45) is 5.14 Å². The lowest BCUT2D eigenvalue weighted by Crippen LogP contribution is -2.34. The number of hydrogen-bond donors (Lipinski definition) is 2. The van der Waals surface area contributed by atoms with Crippen LogP contribution in [0.3, 0.4) is 0 Å². The molecule has 1 saturated heterocycles. The monoisotopic (exact) mass is 312 g/mol. The second-order valence-corrected chi connectivity index (χ2v) is 7.29. The van der Waals surface area contributed by atoms with Gasteiger partial charge in [-0.25, -0.2) is 18.5 Å². The second-order valence-electron chi connectivity index (χ2n) is 5.44. The van der Waals surface area contributed by atoms with Gasteiger partial charge in [-0.2, -0.15) is 0 Å². The fourth-order valence-electron chi connectivity index (χ4n) is 2.82. The number of nitrogens with two attached hydrogens (primary N) is 1. The van der Waals surface area contributed by atoms with Crippen molar-refractivity contribution in [2.75, 3.05) is 11.4 Å². The Hall–Kier alpha value is -1.74. The molecule has 0 spiro atoms. The maximum atomic E-state index is 12.1. The number of hydrogen-bond acceptors (Lipinski definition) is 5. The summed E-state index contributed by atoms with van der Waals surface area (Å²) < 4.78 is 22.7. The molecule has 0 saturated carbocycles. The van der Waals surface area contributed by atoms with E-state index >= 15 is 0 Å². The van der Waals surface area contributed by atoms with Crippen molar-refractivity contribution in [1.82, 2.24) is 9.97 Å². The highest BCUT2D eigenvalue weighted by Gasteiger charge is 2.38. The molecule has 1 atom stereocenters. The van der Waals surface area contributed by atoms with E-state index in [4.69, 9.17) is 5.14 Å². The number of nitrogens with one attached hydrogen (secondary N) is 1. The molecule has 1 unspecified atom stereocenters. The standard InChI is InChI=1S/C12H16N4O4S/c13-21(19,20)7-5-10(17)16(6-7)12-14-9-4-2-1-3-8(9)11(18)15-12/h7H,1-6H2,(H2,13,19,20)(H,14,15,18). The molecule has 8 nitrogen and oxygen atoms in total. The first-order valence-corrected chi connectivity index (χ1v) is 8.41. The molecule has 0 aromatic carbocycles. The Morgan fingerprint density at radius 3 is 2.62 bits per heavy atom. The number of primary sulfonamides is 1. The third kappa shape index (κ3) is 2.58. The smallest absolute Gasteiger partial charge is 0.255 e. The fraction of sp³-hybridized carbons (Fsp3) is 0.583. The maximum Gasteiger partial charge on any atom is 0.255 e. The van der Waals surface area contributed by atoms with E-state index in [1.807, 2.05) is 0 Å². The minimum Gasteiger partial charge on any atom is -0.292 e. The Labute approximate surface area is 121 Å². The van der Waals surface area contributed by atoms with Crippen LogP contribution in [0.15, 0.2) is 4.79 Å². The summed E-state index contributed by atoms with van der Waals surface area (Å²) in [6.07, 6.45) is 3.11. The average molecular weight is 312 g/mol. The Kier molecular flexibility index (Phi) is 3.33. The van der Waals surface area contributed by atoms with E-state index in [1.54, 1.807) is 0 Å². The lowest BCUT2D eigenvalue weighted by Gasteiger charge is -2.19. The summed E-state index contributed by atoms with van der Waals surface area (Å²) in [6, 6.07) is 0. The summed E-state index contributed by atoms with van der Waals surface area (Å²) in [4.78, 5) is 32.1. The van der Waals surface area contributed by atoms with Crippen molar-refractivity contribution in [2.45, 2.75) is 37.4 Å². The van der Waals surface area contributed by atoms with E-state index in [0.29, 0.717) is 24.1 Å². The maximum absolute atomic E-state index is 12.1.